The van der Waals surface area contributed by atoms with Gasteiger partial charge in [0.2, 0.25) is 0 Å². The van der Waals surface area contributed by atoms with Crippen LogP contribution in [0.25, 0.3) is 0 Å². The molecule has 2 aromatic carbocycles. The first kappa shape index (κ1) is 15.3. The van der Waals surface area contributed by atoms with Crippen molar-refractivity contribution in [1.82, 2.24) is 0 Å². The Morgan fingerprint density at radius 3 is 2.48 bits per heavy atom. The topological polar surface area (TPSA) is 78.4 Å². The molecule has 0 aliphatic carbocycles. The number of nitro groups is 1. The first-order chi connectivity index (χ1) is 10.0. The van der Waals surface area contributed by atoms with Crippen LogP contribution in [0.2, 0.25) is 5.02 Å². The van der Waals surface area contributed by atoms with E-state index >= 15 is 0 Å². The first-order valence-electron chi connectivity index (χ1n) is 6.48. The Balaban J connectivity index is 2.16. The van der Waals surface area contributed by atoms with Crippen molar-refractivity contribution in [2.45, 2.75) is 19.4 Å². The Morgan fingerprint density at radius 1 is 1.29 bits per heavy atom. The molecule has 0 amide bonds. The van der Waals surface area contributed by atoms with E-state index in [1.807, 2.05) is 19.1 Å². The number of nitrogens with zero attached hydrogens (tertiary/aromatic N) is 1. The van der Waals surface area contributed by atoms with E-state index in [9.17, 15) is 10.1 Å². The van der Waals surface area contributed by atoms with Crippen molar-refractivity contribution in [2.24, 2.45) is 5.73 Å². The minimum atomic E-state index is -0.503. The van der Waals surface area contributed by atoms with E-state index in [4.69, 9.17) is 22.1 Å². The fourth-order valence-electron chi connectivity index (χ4n) is 1.83. The molecule has 5 nitrogen and oxygen atoms in total. The maximum Gasteiger partial charge on any atom is 0.271 e. The SMILES string of the molecule is CC[C@@H](N)c1ccc(Oc2ccc([N+](=O)[O-])cc2Cl)cc1. The van der Waals surface area contributed by atoms with Crippen molar-refractivity contribution in [1.29, 1.82) is 0 Å². The Hall–Kier alpha value is -2.11. The van der Waals surface area contributed by atoms with Crippen molar-refractivity contribution in [3.05, 3.63) is 63.2 Å². The Kier molecular flexibility index (Phi) is 4.77. The standard InChI is InChI=1S/C15H15ClN2O3/c1-2-14(17)10-3-6-12(7-4-10)21-15-8-5-11(18(19)20)9-13(15)16/h3-9,14H,2,17H2,1H3/t14-/m1/s1. The molecule has 0 fully saturated rings. The zero-order valence-electron chi connectivity index (χ0n) is 11.5. The van der Waals surface area contributed by atoms with Crippen molar-refractivity contribution in [3.8, 4) is 11.5 Å². The van der Waals surface area contributed by atoms with Gasteiger partial charge in [0, 0.05) is 18.2 Å². The molecule has 0 bridgehead atoms. The Morgan fingerprint density at radius 2 is 1.95 bits per heavy atom. The summed E-state index contributed by atoms with van der Waals surface area (Å²) >= 11 is 5.98. The summed E-state index contributed by atoms with van der Waals surface area (Å²) in [5.74, 6) is 0.965. The van der Waals surface area contributed by atoms with Crippen LogP contribution >= 0.6 is 11.6 Å². The molecule has 2 aromatic rings. The molecule has 0 heterocycles. The predicted molar refractivity (Wildman–Crippen MR) is 81.8 cm³/mol. The van der Waals surface area contributed by atoms with Gasteiger partial charge in [0.1, 0.15) is 11.5 Å². The van der Waals surface area contributed by atoms with Crippen molar-refractivity contribution in [2.75, 3.05) is 0 Å². The second-order valence-electron chi connectivity index (χ2n) is 4.56. The van der Waals surface area contributed by atoms with Gasteiger partial charge in [0.25, 0.3) is 5.69 Å². The van der Waals surface area contributed by atoms with E-state index in [2.05, 4.69) is 0 Å². The van der Waals surface area contributed by atoms with Crippen LogP contribution in [0, 0.1) is 10.1 Å². The van der Waals surface area contributed by atoms with Crippen LogP contribution in [0.5, 0.6) is 11.5 Å². The summed E-state index contributed by atoms with van der Waals surface area (Å²) in [5.41, 5.74) is 6.90. The average Bonchev–Trinajstić information content (AvgIpc) is 2.49. The molecule has 21 heavy (non-hydrogen) atoms. The zero-order chi connectivity index (χ0) is 15.4. The van der Waals surface area contributed by atoms with Gasteiger partial charge in [-0.3, -0.25) is 10.1 Å². The van der Waals surface area contributed by atoms with Crippen molar-refractivity contribution in [3.63, 3.8) is 0 Å². The van der Waals surface area contributed by atoms with Gasteiger partial charge in [0.15, 0.2) is 0 Å². The molecule has 0 unspecified atom stereocenters. The van der Waals surface area contributed by atoms with Crippen LogP contribution in [0.3, 0.4) is 0 Å². The quantitative estimate of drug-likeness (QED) is 0.654. The number of benzene rings is 2. The van der Waals surface area contributed by atoms with E-state index in [-0.39, 0.29) is 16.8 Å². The molecule has 1 atom stereocenters. The van der Waals surface area contributed by atoms with Gasteiger partial charge in [0.05, 0.1) is 9.95 Å². The lowest BCUT2D eigenvalue weighted by atomic mass is 10.1. The van der Waals surface area contributed by atoms with E-state index in [1.165, 1.54) is 18.2 Å². The van der Waals surface area contributed by atoms with Crippen LogP contribution < -0.4 is 10.5 Å². The summed E-state index contributed by atoms with van der Waals surface area (Å²) in [7, 11) is 0. The fourth-order valence-corrected chi connectivity index (χ4v) is 2.05. The van der Waals surface area contributed by atoms with Gasteiger partial charge in [-0.1, -0.05) is 30.7 Å². The smallest absolute Gasteiger partial charge is 0.271 e. The number of nitrogens with two attached hydrogens (primary N) is 1. The third-order valence-corrected chi connectivity index (χ3v) is 3.40. The molecule has 0 saturated carbocycles. The van der Waals surface area contributed by atoms with Crippen LogP contribution in [0.1, 0.15) is 24.9 Å². The Bertz CT molecular complexity index is 644. The van der Waals surface area contributed by atoms with Gasteiger partial charge in [-0.25, -0.2) is 0 Å². The summed E-state index contributed by atoms with van der Waals surface area (Å²) in [6.07, 6.45) is 0.856. The van der Waals surface area contributed by atoms with Crippen molar-refractivity contribution < 1.29 is 9.66 Å². The molecule has 6 heteroatoms. The molecular formula is C15H15ClN2O3. The lowest BCUT2D eigenvalue weighted by molar-refractivity contribution is -0.384. The molecule has 0 aliphatic rings. The molecule has 2 rings (SSSR count). The van der Waals surface area contributed by atoms with Gasteiger partial charge >= 0.3 is 0 Å². The number of halogens is 1. The van der Waals surface area contributed by atoms with Gasteiger partial charge in [-0.15, -0.1) is 0 Å². The van der Waals surface area contributed by atoms with Gasteiger partial charge < -0.3 is 10.5 Å². The van der Waals surface area contributed by atoms with E-state index < -0.39 is 4.92 Å². The second kappa shape index (κ2) is 6.56. The summed E-state index contributed by atoms with van der Waals surface area (Å²) in [6.45, 7) is 2.02. The van der Waals surface area contributed by atoms with E-state index in [1.54, 1.807) is 12.1 Å². The summed E-state index contributed by atoms with van der Waals surface area (Å²) in [6, 6.07) is 11.5. The largest absolute Gasteiger partial charge is 0.456 e. The lowest BCUT2D eigenvalue weighted by Crippen LogP contribution is -2.08. The number of non-ortho nitro benzene ring substituents is 1. The molecule has 0 aromatic heterocycles. The minimum absolute atomic E-state index is 0.00186. The monoisotopic (exact) mass is 306 g/mol. The van der Waals surface area contributed by atoms with Gasteiger partial charge in [-0.2, -0.15) is 0 Å². The van der Waals surface area contributed by atoms with Crippen LogP contribution in [0.4, 0.5) is 5.69 Å². The third-order valence-electron chi connectivity index (χ3n) is 3.10. The highest BCUT2D eigenvalue weighted by atomic mass is 35.5. The molecule has 2 N–H and O–H groups in total. The normalized spacial score (nSPS) is 12.0. The van der Waals surface area contributed by atoms with Crippen LogP contribution in [-0.2, 0) is 0 Å². The summed E-state index contributed by atoms with van der Waals surface area (Å²) < 4.78 is 5.62. The number of hydrogen-bond acceptors (Lipinski definition) is 4. The highest BCUT2D eigenvalue weighted by molar-refractivity contribution is 6.32. The molecule has 0 aliphatic heterocycles. The zero-order valence-corrected chi connectivity index (χ0v) is 12.2. The van der Waals surface area contributed by atoms with Crippen LogP contribution in [0.15, 0.2) is 42.5 Å². The maximum atomic E-state index is 10.6. The lowest BCUT2D eigenvalue weighted by Gasteiger charge is -2.11. The fraction of sp³-hybridized carbons (Fsp3) is 0.200. The average molecular weight is 307 g/mol. The highest BCUT2D eigenvalue weighted by Crippen LogP contribution is 2.32. The number of nitro benzene ring substituents is 1. The number of hydrogen-bond donors (Lipinski definition) is 1. The van der Waals surface area contributed by atoms with Crippen molar-refractivity contribution >= 4 is 17.3 Å². The number of rotatable bonds is 5. The minimum Gasteiger partial charge on any atom is -0.456 e. The second-order valence-corrected chi connectivity index (χ2v) is 4.96. The third kappa shape index (κ3) is 3.71. The van der Waals surface area contributed by atoms with E-state index in [0.717, 1.165) is 12.0 Å². The molecular weight excluding hydrogens is 292 g/mol. The molecule has 0 spiro atoms. The molecule has 0 saturated heterocycles. The Labute approximate surface area is 127 Å². The maximum absolute atomic E-state index is 10.6. The predicted octanol–water partition coefficient (Wildman–Crippen LogP) is 4.45. The van der Waals surface area contributed by atoms with Crippen LogP contribution in [-0.4, -0.2) is 4.92 Å². The summed E-state index contributed by atoms with van der Waals surface area (Å²) in [5, 5.41) is 10.8. The van der Waals surface area contributed by atoms with Gasteiger partial charge in [-0.05, 0) is 30.2 Å². The number of ether oxygens (including phenoxy) is 1. The summed E-state index contributed by atoms with van der Waals surface area (Å²) in [4.78, 5) is 10.1. The molecule has 0 radical (unpaired) electrons. The first-order valence-corrected chi connectivity index (χ1v) is 6.86. The highest BCUT2D eigenvalue weighted by Gasteiger charge is 2.11. The van der Waals surface area contributed by atoms with E-state index in [0.29, 0.717) is 11.5 Å². The molecule has 110 valence electrons.